The van der Waals surface area contributed by atoms with E-state index in [-0.39, 0.29) is 0 Å². The normalized spacial score (nSPS) is 12.6. The largest absolute Gasteiger partial charge is 0.377 e. The van der Waals surface area contributed by atoms with Crippen molar-refractivity contribution in [2.75, 3.05) is 45.4 Å². The molecule has 2 N–H and O–H groups in total. The van der Waals surface area contributed by atoms with E-state index in [0.29, 0.717) is 18.5 Å². The molecule has 1 atom stereocenters. The summed E-state index contributed by atoms with van der Waals surface area (Å²) in [5.74, 6) is 2.27. The third-order valence-electron chi connectivity index (χ3n) is 2.76. The lowest BCUT2D eigenvalue weighted by molar-refractivity contribution is 0.178. The summed E-state index contributed by atoms with van der Waals surface area (Å²) in [6, 6.07) is 2.32. The summed E-state index contributed by atoms with van der Waals surface area (Å²) in [7, 11) is 7.59. The van der Waals surface area contributed by atoms with Crippen molar-refractivity contribution in [1.82, 2.24) is 14.9 Å². The van der Waals surface area contributed by atoms with Gasteiger partial charge in [0.2, 0.25) is 0 Å². The average molecular weight is 253 g/mol. The maximum absolute atomic E-state index is 5.06. The minimum absolute atomic E-state index is 0.410. The quantitative estimate of drug-likeness (QED) is 0.756. The lowest BCUT2D eigenvalue weighted by atomic mass is 10.3. The molecule has 1 unspecified atom stereocenters. The molecule has 18 heavy (non-hydrogen) atoms. The number of methoxy groups -OCH3 is 1. The second-order valence-electron chi connectivity index (χ2n) is 4.43. The molecule has 6 nitrogen and oxygen atoms in total. The van der Waals surface area contributed by atoms with Gasteiger partial charge in [0.15, 0.2) is 5.82 Å². The van der Waals surface area contributed by atoms with E-state index < -0.39 is 0 Å². The van der Waals surface area contributed by atoms with Gasteiger partial charge in [-0.2, -0.15) is 0 Å². The van der Waals surface area contributed by atoms with E-state index in [2.05, 4.69) is 46.5 Å². The molecule has 1 heterocycles. The summed E-state index contributed by atoms with van der Waals surface area (Å²) in [6.07, 6.45) is 0. The molecule has 0 fully saturated rings. The molecule has 6 heteroatoms. The van der Waals surface area contributed by atoms with E-state index in [1.54, 1.807) is 7.11 Å². The van der Waals surface area contributed by atoms with Gasteiger partial charge in [-0.05, 0) is 21.0 Å². The first-order valence-electron chi connectivity index (χ1n) is 6.01. The number of aromatic nitrogens is 2. The molecule has 0 aliphatic rings. The fraction of sp³-hybridized carbons (Fsp3) is 0.667. The third kappa shape index (κ3) is 4.46. The Morgan fingerprint density at radius 3 is 2.56 bits per heavy atom. The molecule has 0 amide bonds. The van der Waals surface area contributed by atoms with Crippen LogP contribution in [0.5, 0.6) is 0 Å². The van der Waals surface area contributed by atoms with Crippen molar-refractivity contribution in [2.24, 2.45) is 0 Å². The highest BCUT2D eigenvalue weighted by molar-refractivity contribution is 5.47. The van der Waals surface area contributed by atoms with Gasteiger partial charge in [0.05, 0.1) is 0 Å². The average Bonchev–Trinajstić information content (AvgIpc) is 2.35. The second kappa shape index (κ2) is 7.13. The Morgan fingerprint density at radius 1 is 1.33 bits per heavy atom. The zero-order valence-corrected chi connectivity index (χ0v) is 11.8. The number of nitrogens with zero attached hydrogens (tertiary/aromatic N) is 3. The number of nitrogens with one attached hydrogen (secondary N) is 2. The lowest BCUT2D eigenvalue weighted by Crippen LogP contribution is -2.31. The summed E-state index contributed by atoms with van der Waals surface area (Å²) in [4.78, 5) is 10.9. The van der Waals surface area contributed by atoms with Crippen LogP contribution >= 0.6 is 0 Å². The highest BCUT2D eigenvalue weighted by Gasteiger charge is 2.07. The first-order valence-corrected chi connectivity index (χ1v) is 6.01. The molecule has 0 aromatic carbocycles. The molecule has 0 bridgehead atoms. The minimum Gasteiger partial charge on any atom is -0.377 e. The predicted molar refractivity (Wildman–Crippen MR) is 73.9 cm³/mol. The summed E-state index contributed by atoms with van der Waals surface area (Å²) >= 11 is 0. The Hall–Kier alpha value is -1.40. The van der Waals surface area contributed by atoms with Crippen LogP contribution in [0.15, 0.2) is 6.07 Å². The van der Waals surface area contributed by atoms with Gasteiger partial charge in [-0.3, -0.25) is 0 Å². The molecule has 102 valence electrons. The fourth-order valence-corrected chi connectivity index (χ4v) is 1.34. The van der Waals surface area contributed by atoms with Gasteiger partial charge in [-0.1, -0.05) is 0 Å². The third-order valence-corrected chi connectivity index (χ3v) is 2.76. The van der Waals surface area contributed by atoms with Crippen LogP contribution in [-0.2, 0) is 11.3 Å². The van der Waals surface area contributed by atoms with Crippen molar-refractivity contribution in [2.45, 2.75) is 19.6 Å². The number of ether oxygens (including phenoxy) is 1. The molecular weight excluding hydrogens is 230 g/mol. The molecule has 1 rings (SSSR count). The van der Waals surface area contributed by atoms with Crippen LogP contribution in [0.3, 0.4) is 0 Å². The summed E-state index contributed by atoms with van der Waals surface area (Å²) in [6.45, 7) is 3.40. The van der Waals surface area contributed by atoms with Crippen molar-refractivity contribution in [1.29, 1.82) is 0 Å². The van der Waals surface area contributed by atoms with Crippen LogP contribution in [0.25, 0.3) is 0 Å². The van der Waals surface area contributed by atoms with Crippen LogP contribution in [0.1, 0.15) is 12.7 Å². The minimum atomic E-state index is 0.410. The van der Waals surface area contributed by atoms with Crippen LogP contribution in [-0.4, -0.2) is 55.7 Å². The summed E-state index contributed by atoms with van der Waals surface area (Å²) in [5.41, 5.74) is 0. The Kier molecular flexibility index (Phi) is 5.80. The van der Waals surface area contributed by atoms with Gasteiger partial charge in [0.25, 0.3) is 0 Å². The van der Waals surface area contributed by atoms with Crippen LogP contribution in [0.2, 0.25) is 0 Å². The molecule has 0 saturated heterocycles. The smallest absolute Gasteiger partial charge is 0.158 e. The Morgan fingerprint density at radius 2 is 2.00 bits per heavy atom. The first kappa shape index (κ1) is 14.7. The SMILES string of the molecule is CNc1cc(NCC(C)N(C)C)nc(COC)n1. The molecule has 0 aliphatic heterocycles. The van der Waals surface area contributed by atoms with E-state index >= 15 is 0 Å². The molecular formula is C12H23N5O. The van der Waals surface area contributed by atoms with Crippen molar-refractivity contribution in [3.05, 3.63) is 11.9 Å². The highest BCUT2D eigenvalue weighted by atomic mass is 16.5. The maximum atomic E-state index is 5.06. The monoisotopic (exact) mass is 253 g/mol. The van der Waals surface area contributed by atoms with E-state index in [4.69, 9.17) is 4.74 Å². The number of anilines is 2. The van der Waals surface area contributed by atoms with Crippen LogP contribution < -0.4 is 10.6 Å². The van der Waals surface area contributed by atoms with E-state index in [1.807, 2.05) is 13.1 Å². The Labute approximate surface area is 109 Å². The topological polar surface area (TPSA) is 62.3 Å². The first-order chi connectivity index (χ1) is 8.56. The van der Waals surface area contributed by atoms with Gasteiger partial charge in [0.1, 0.15) is 18.2 Å². The highest BCUT2D eigenvalue weighted by Crippen LogP contribution is 2.11. The van der Waals surface area contributed by atoms with Crippen molar-refractivity contribution in [3.63, 3.8) is 0 Å². The number of rotatable bonds is 7. The zero-order valence-electron chi connectivity index (χ0n) is 11.8. The number of likely N-dealkylation sites (N-methyl/N-ethyl adjacent to an activating group) is 1. The maximum Gasteiger partial charge on any atom is 0.158 e. The van der Waals surface area contributed by atoms with E-state index in [0.717, 1.165) is 18.2 Å². The van der Waals surface area contributed by atoms with Gasteiger partial charge in [0, 0.05) is 32.8 Å². The van der Waals surface area contributed by atoms with Gasteiger partial charge < -0.3 is 20.3 Å². The summed E-state index contributed by atoms with van der Waals surface area (Å²) in [5, 5.41) is 6.33. The fourth-order valence-electron chi connectivity index (χ4n) is 1.34. The van der Waals surface area contributed by atoms with Gasteiger partial charge in [-0.15, -0.1) is 0 Å². The van der Waals surface area contributed by atoms with Gasteiger partial charge >= 0.3 is 0 Å². The van der Waals surface area contributed by atoms with Crippen LogP contribution in [0, 0.1) is 0 Å². The van der Waals surface area contributed by atoms with Gasteiger partial charge in [-0.25, -0.2) is 9.97 Å². The van der Waals surface area contributed by atoms with Crippen molar-refractivity contribution >= 4 is 11.6 Å². The molecule has 0 spiro atoms. The van der Waals surface area contributed by atoms with Crippen molar-refractivity contribution < 1.29 is 4.74 Å². The van der Waals surface area contributed by atoms with E-state index in [1.165, 1.54) is 0 Å². The summed E-state index contributed by atoms with van der Waals surface area (Å²) < 4.78 is 5.06. The molecule has 1 aromatic rings. The van der Waals surface area contributed by atoms with E-state index in [9.17, 15) is 0 Å². The second-order valence-corrected chi connectivity index (χ2v) is 4.43. The Bertz CT molecular complexity index is 369. The molecule has 1 aromatic heterocycles. The predicted octanol–water partition coefficient (Wildman–Crippen LogP) is 1.03. The number of hydrogen-bond acceptors (Lipinski definition) is 6. The lowest BCUT2D eigenvalue weighted by Gasteiger charge is -2.20. The molecule has 0 radical (unpaired) electrons. The standard InChI is InChI=1S/C12H23N5O/c1-9(17(3)4)7-14-11-6-10(13-2)15-12(16-11)8-18-5/h6,9H,7-8H2,1-5H3,(H2,13,14,15,16). The zero-order chi connectivity index (χ0) is 13.5. The number of hydrogen-bond donors (Lipinski definition) is 2. The molecule has 0 aliphatic carbocycles. The Balaban J connectivity index is 2.71. The van der Waals surface area contributed by atoms with Crippen LogP contribution in [0.4, 0.5) is 11.6 Å². The molecule has 0 saturated carbocycles. The van der Waals surface area contributed by atoms with Crippen molar-refractivity contribution in [3.8, 4) is 0 Å².